The van der Waals surface area contributed by atoms with Crippen molar-refractivity contribution in [2.45, 2.75) is 0 Å². The van der Waals surface area contributed by atoms with Crippen molar-refractivity contribution >= 4 is 23.2 Å². The fraction of sp³-hybridized carbons (Fsp3) is 0. The molecule has 0 saturated carbocycles. The smallest absolute Gasteiger partial charge is 0.0668 e. The maximum absolute atomic E-state index is 5.99. The molecule has 0 fully saturated rings. The van der Waals surface area contributed by atoms with Gasteiger partial charge < -0.3 is 0 Å². The summed E-state index contributed by atoms with van der Waals surface area (Å²) in [6, 6.07) is 3.65. The molecule has 2 aromatic rings. The van der Waals surface area contributed by atoms with E-state index in [9.17, 15) is 0 Å². The van der Waals surface area contributed by atoms with Crippen LogP contribution >= 0.6 is 23.2 Å². The number of pyridine rings is 2. The van der Waals surface area contributed by atoms with Gasteiger partial charge in [0.25, 0.3) is 0 Å². The summed E-state index contributed by atoms with van der Waals surface area (Å²) >= 11 is 12.0. The Kier molecular flexibility index (Phi) is 2.66. The zero-order valence-electron chi connectivity index (χ0n) is 7.11. The van der Waals surface area contributed by atoms with Gasteiger partial charge in [-0.1, -0.05) is 23.2 Å². The normalized spacial score (nSPS) is 10.1. The van der Waals surface area contributed by atoms with Gasteiger partial charge in [0.1, 0.15) is 0 Å². The van der Waals surface area contributed by atoms with Crippen molar-refractivity contribution in [2.75, 3.05) is 0 Å². The average Bonchev–Trinajstić information content (AvgIpc) is 2.20. The van der Waals surface area contributed by atoms with Crippen molar-refractivity contribution in [2.24, 2.45) is 0 Å². The highest BCUT2D eigenvalue weighted by Crippen LogP contribution is 2.31. The number of nitrogens with zero attached hydrogens (tertiary/aromatic N) is 2. The van der Waals surface area contributed by atoms with Crippen LogP contribution in [0.2, 0.25) is 10.0 Å². The van der Waals surface area contributed by atoms with E-state index in [1.165, 1.54) is 0 Å². The molecule has 0 saturated heterocycles. The molecule has 0 N–H and O–H groups in total. The summed E-state index contributed by atoms with van der Waals surface area (Å²) in [5.41, 5.74) is 1.74. The molecule has 2 aromatic heterocycles. The Balaban J connectivity index is 2.61. The lowest BCUT2D eigenvalue weighted by molar-refractivity contribution is 1.31. The Labute approximate surface area is 91.5 Å². The molecular weight excluding hydrogens is 219 g/mol. The lowest BCUT2D eigenvalue weighted by Gasteiger charge is -2.04. The first-order valence-corrected chi connectivity index (χ1v) is 4.74. The molecule has 0 bridgehead atoms. The fourth-order valence-corrected chi connectivity index (χ4v) is 1.63. The van der Waals surface area contributed by atoms with Crippen LogP contribution in [-0.2, 0) is 0 Å². The SMILES string of the molecule is Clc1cnccc1-c1ccncc1Cl. The highest BCUT2D eigenvalue weighted by atomic mass is 35.5. The van der Waals surface area contributed by atoms with Gasteiger partial charge in [-0.2, -0.15) is 0 Å². The maximum atomic E-state index is 5.99. The predicted octanol–water partition coefficient (Wildman–Crippen LogP) is 3.45. The molecule has 2 heterocycles. The van der Waals surface area contributed by atoms with E-state index in [0.717, 1.165) is 11.1 Å². The van der Waals surface area contributed by atoms with E-state index in [4.69, 9.17) is 23.2 Å². The summed E-state index contributed by atoms with van der Waals surface area (Å²) in [6.07, 6.45) is 6.54. The predicted molar refractivity (Wildman–Crippen MR) is 57.5 cm³/mol. The number of aromatic nitrogens is 2. The van der Waals surface area contributed by atoms with Crippen molar-refractivity contribution in [3.05, 3.63) is 47.0 Å². The second kappa shape index (κ2) is 3.95. The Morgan fingerprint density at radius 2 is 1.21 bits per heavy atom. The number of halogens is 2. The van der Waals surface area contributed by atoms with Crippen molar-refractivity contribution in [1.82, 2.24) is 9.97 Å². The first kappa shape index (κ1) is 9.44. The van der Waals surface area contributed by atoms with E-state index in [-0.39, 0.29) is 0 Å². The molecule has 4 heteroatoms. The third kappa shape index (κ3) is 1.72. The minimum Gasteiger partial charge on any atom is -0.263 e. The quantitative estimate of drug-likeness (QED) is 0.742. The molecule has 0 aliphatic carbocycles. The van der Waals surface area contributed by atoms with Gasteiger partial charge in [0.05, 0.1) is 10.0 Å². The first-order valence-electron chi connectivity index (χ1n) is 3.98. The topological polar surface area (TPSA) is 25.8 Å². The van der Waals surface area contributed by atoms with Gasteiger partial charge in [0.15, 0.2) is 0 Å². The fourth-order valence-electron chi connectivity index (χ4n) is 1.19. The average molecular weight is 225 g/mol. The van der Waals surface area contributed by atoms with Crippen LogP contribution in [0.4, 0.5) is 0 Å². The summed E-state index contributed by atoms with van der Waals surface area (Å²) in [6.45, 7) is 0. The molecule has 0 aromatic carbocycles. The van der Waals surface area contributed by atoms with Crippen LogP contribution in [0.25, 0.3) is 11.1 Å². The molecule has 0 aliphatic rings. The zero-order chi connectivity index (χ0) is 9.97. The summed E-state index contributed by atoms with van der Waals surface area (Å²) < 4.78 is 0. The molecule has 0 atom stereocenters. The van der Waals surface area contributed by atoms with Gasteiger partial charge in [-0.3, -0.25) is 9.97 Å². The number of hydrogen-bond donors (Lipinski definition) is 0. The third-order valence-corrected chi connectivity index (χ3v) is 2.44. The van der Waals surface area contributed by atoms with Crippen LogP contribution in [0.15, 0.2) is 36.9 Å². The highest BCUT2D eigenvalue weighted by Gasteiger charge is 2.06. The van der Waals surface area contributed by atoms with Gasteiger partial charge in [-0.15, -0.1) is 0 Å². The summed E-state index contributed by atoms with van der Waals surface area (Å²) in [4.78, 5) is 7.82. The Morgan fingerprint density at radius 3 is 1.57 bits per heavy atom. The van der Waals surface area contributed by atoms with Gasteiger partial charge >= 0.3 is 0 Å². The zero-order valence-corrected chi connectivity index (χ0v) is 8.63. The largest absolute Gasteiger partial charge is 0.263 e. The second-order valence-electron chi connectivity index (χ2n) is 2.71. The van der Waals surface area contributed by atoms with E-state index < -0.39 is 0 Å². The maximum Gasteiger partial charge on any atom is 0.0668 e. The molecule has 0 radical (unpaired) electrons. The molecule has 0 spiro atoms. The van der Waals surface area contributed by atoms with E-state index in [2.05, 4.69) is 9.97 Å². The molecule has 0 unspecified atom stereocenters. The van der Waals surface area contributed by atoms with E-state index in [0.29, 0.717) is 10.0 Å². The standard InChI is InChI=1S/C10H6Cl2N2/c11-9-5-13-3-1-7(9)8-2-4-14-6-10(8)12/h1-6H. The number of rotatable bonds is 1. The monoisotopic (exact) mass is 224 g/mol. The van der Waals surface area contributed by atoms with Gasteiger partial charge in [0, 0.05) is 35.9 Å². The van der Waals surface area contributed by atoms with Crippen molar-refractivity contribution in [1.29, 1.82) is 0 Å². The van der Waals surface area contributed by atoms with Crippen LogP contribution in [-0.4, -0.2) is 9.97 Å². The molecule has 2 nitrogen and oxygen atoms in total. The summed E-state index contributed by atoms with van der Waals surface area (Å²) in [5, 5.41) is 1.17. The summed E-state index contributed by atoms with van der Waals surface area (Å²) in [7, 11) is 0. The van der Waals surface area contributed by atoms with Gasteiger partial charge in [-0.25, -0.2) is 0 Å². The van der Waals surface area contributed by atoms with E-state index >= 15 is 0 Å². The van der Waals surface area contributed by atoms with Crippen LogP contribution in [0.1, 0.15) is 0 Å². The molecular formula is C10H6Cl2N2. The van der Waals surface area contributed by atoms with Crippen molar-refractivity contribution in [3.8, 4) is 11.1 Å². The highest BCUT2D eigenvalue weighted by molar-refractivity contribution is 6.36. The summed E-state index contributed by atoms with van der Waals surface area (Å²) in [5.74, 6) is 0. The van der Waals surface area contributed by atoms with E-state index in [1.807, 2.05) is 12.1 Å². The Hall–Kier alpha value is -1.12. The number of hydrogen-bond acceptors (Lipinski definition) is 2. The molecule has 14 heavy (non-hydrogen) atoms. The molecule has 0 aliphatic heterocycles. The molecule has 0 amide bonds. The Bertz CT molecular complexity index is 414. The lowest BCUT2D eigenvalue weighted by atomic mass is 10.1. The van der Waals surface area contributed by atoms with Crippen molar-refractivity contribution < 1.29 is 0 Å². The molecule has 70 valence electrons. The second-order valence-corrected chi connectivity index (χ2v) is 3.53. The third-order valence-electron chi connectivity index (χ3n) is 1.84. The van der Waals surface area contributed by atoms with Crippen molar-refractivity contribution in [3.63, 3.8) is 0 Å². The lowest BCUT2D eigenvalue weighted by Crippen LogP contribution is -1.83. The first-order chi connectivity index (χ1) is 6.79. The van der Waals surface area contributed by atoms with E-state index in [1.54, 1.807) is 24.8 Å². The minimum atomic E-state index is 0.584. The van der Waals surface area contributed by atoms with Crippen LogP contribution < -0.4 is 0 Å². The van der Waals surface area contributed by atoms with Gasteiger partial charge in [0.2, 0.25) is 0 Å². The molecule has 2 rings (SSSR count). The Morgan fingerprint density at radius 1 is 0.786 bits per heavy atom. The van der Waals surface area contributed by atoms with Crippen LogP contribution in [0.5, 0.6) is 0 Å². The van der Waals surface area contributed by atoms with Crippen LogP contribution in [0, 0.1) is 0 Å². The minimum absolute atomic E-state index is 0.584. The van der Waals surface area contributed by atoms with Crippen LogP contribution in [0.3, 0.4) is 0 Å². The van der Waals surface area contributed by atoms with Gasteiger partial charge in [-0.05, 0) is 12.1 Å².